The van der Waals surface area contributed by atoms with Gasteiger partial charge in [0, 0.05) is 12.2 Å². The molecule has 0 saturated carbocycles. The molecule has 1 aromatic carbocycles. The molecule has 0 atom stereocenters. The highest BCUT2D eigenvalue weighted by atomic mass is 14.9. The smallest absolute Gasteiger partial charge is 0.0405 e. The van der Waals surface area contributed by atoms with Gasteiger partial charge in [0.05, 0.1) is 0 Å². The van der Waals surface area contributed by atoms with Gasteiger partial charge in [-0.3, -0.25) is 0 Å². The maximum absolute atomic E-state index is 5.77. The highest BCUT2D eigenvalue weighted by Gasteiger charge is 2.16. The molecule has 0 aromatic heterocycles. The molecule has 0 heterocycles. The van der Waals surface area contributed by atoms with Crippen LogP contribution >= 0.6 is 0 Å². The predicted octanol–water partition coefficient (Wildman–Crippen LogP) is 3.32. The molecule has 96 valence electrons. The van der Waals surface area contributed by atoms with Gasteiger partial charge in [-0.15, -0.1) is 0 Å². The van der Waals surface area contributed by atoms with Crippen molar-refractivity contribution in [2.75, 3.05) is 18.4 Å². The molecule has 2 nitrogen and oxygen atoms in total. The third-order valence-corrected chi connectivity index (χ3v) is 3.66. The molecule has 0 aliphatic heterocycles. The zero-order chi connectivity index (χ0) is 13.2. The summed E-state index contributed by atoms with van der Waals surface area (Å²) < 4.78 is 0. The number of benzene rings is 1. The van der Waals surface area contributed by atoms with Gasteiger partial charge in [0.25, 0.3) is 0 Å². The molecule has 0 spiro atoms. The molecule has 0 aliphatic carbocycles. The molecule has 2 heteroatoms. The van der Waals surface area contributed by atoms with Crippen molar-refractivity contribution in [2.45, 2.75) is 41.5 Å². The Labute approximate surface area is 106 Å². The minimum Gasteiger partial charge on any atom is -0.384 e. The van der Waals surface area contributed by atoms with Crippen LogP contribution in [0.5, 0.6) is 0 Å². The van der Waals surface area contributed by atoms with Crippen LogP contribution in [-0.2, 0) is 0 Å². The largest absolute Gasteiger partial charge is 0.384 e. The summed E-state index contributed by atoms with van der Waals surface area (Å²) in [7, 11) is 0. The minimum absolute atomic E-state index is 0.135. The maximum Gasteiger partial charge on any atom is 0.0405 e. The van der Waals surface area contributed by atoms with E-state index in [1.807, 2.05) is 0 Å². The summed E-state index contributed by atoms with van der Waals surface area (Å²) in [6.07, 6.45) is 0. The molecule has 0 unspecified atom stereocenters. The fourth-order valence-electron chi connectivity index (χ4n) is 1.88. The fourth-order valence-corrected chi connectivity index (χ4v) is 1.88. The van der Waals surface area contributed by atoms with E-state index in [0.29, 0.717) is 6.54 Å². The van der Waals surface area contributed by atoms with Crippen molar-refractivity contribution in [3.8, 4) is 0 Å². The molecular formula is C15H26N2. The second kappa shape index (κ2) is 5.09. The van der Waals surface area contributed by atoms with E-state index < -0.39 is 0 Å². The number of hydrogen-bond donors (Lipinski definition) is 2. The minimum atomic E-state index is 0.135. The van der Waals surface area contributed by atoms with Gasteiger partial charge >= 0.3 is 0 Å². The summed E-state index contributed by atoms with van der Waals surface area (Å²) in [6.45, 7) is 14.7. The van der Waals surface area contributed by atoms with E-state index in [1.165, 1.54) is 27.9 Å². The van der Waals surface area contributed by atoms with Crippen LogP contribution in [0.15, 0.2) is 6.07 Å². The summed E-state index contributed by atoms with van der Waals surface area (Å²) in [4.78, 5) is 0. The lowest BCUT2D eigenvalue weighted by Crippen LogP contribution is -2.31. The number of hydrogen-bond acceptors (Lipinski definition) is 2. The zero-order valence-electron chi connectivity index (χ0n) is 12.1. The number of aryl methyl sites for hydroxylation is 2. The molecule has 0 amide bonds. The Balaban J connectivity index is 2.99. The van der Waals surface area contributed by atoms with Crippen molar-refractivity contribution in [3.05, 3.63) is 28.3 Å². The average Bonchev–Trinajstić information content (AvgIpc) is 2.26. The highest BCUT2D eigenvalue weighted by molar-refractivity contribution is 5.62. The standard InChI is InChI=1S/C15H26N2/c1-10-7-11(2)13(4)14(12(10)3)17-9-15(5,6)8-16/h7,17H,8-9,16H2,1-6H3. The van der Waals surface area contributed by atoms with Gasteiger partial charge < -0.3 is 11.1 Å². The second-order valence-electron chi connectivity index (χ2n) is 5.86. The first-order valence-corrected chi connectivity index (χ1v) is 6.30. The third-order valence-electron chi connectivity index (χ3n) is 3.66. The molecule has 0 saturated heterocycles. The summed E-state index contributed by atoms with van der Waals surface area (Å²) in [5.74, 6) is 0. The average molecular weight is 234 g/mol. The molecule has 0 aliphatic rings. The second-order valence-corrected chi connectivity index (χ2v) is 5.86. The van der Waals surface area contributed by atoms with E-state index in [2.05, 4.69) is 52.9 Å². The summed E-state index contributed by atoms with van der Waals surface area (Å²) in [5, 5.41) is 3.57. The lowest BCUT2D eigenvalue weighted by atomic mass is 9.92. The molecule has 3 N–H and O–H groups in total. The first-order valence-electron chi connectivity index (χ1n) is 6.30. The van der Waals surface area contributed by atoms with Crippen LogP contribution in [0.4, 0.5) is 5.69 Å². The maximum atomic E-state index is 5.77. The third kappa shape index (κ3) is 3.22. The quantitative estimate of drug-likeness (QED) is 0.838. The Bertz CT molecular complexity index is 380. The molecule has 0 fully saturated rings. The van der Waals surface area contributed by atoms with Crippen molar-refractivity contribution in [3.63, 3.8) is 0 Å². The van der Waals surface area contributed by atoms with Crippen molar-refractivity contribution in [1.29, 1.82) is 0 Å². The van der Waals surface area contributed by atoms with Gasteiger partial charge in [-0.1, -0.05) is 19.9 Å². The number of nitrogens with one attached hydrogen (secondary N) is 1. The molecule has 1 aromatic rings. The Morgan fingerprint density at radius 1 is 1.06 bits per heavy atom. The van der Waals surface area contributed by atoms with Crippen LogP contribution < -0.4 is 11.1 Å². The Hall–Kier alpha value is -1.02. The molecule has 0 radical (unpaired) electrons. The lowest BCUT2D eigenvalue weighted by molar-refractivity contribution is 0.405. The van der Waals surface area contributed by atoms with Crippen LogP contribution in [0.25, 0.3) is 0 Å². The SMILES string of the molecule is Cc1cc(C)c(C)c(NCC(C)(C)CN)c1C. The van der Waals surface area contributed by atoms with E-state index >= 15 is 0 Å². The van der Waals surface area contributed by atoms with Crippen molar-refractivity contribution < 1.29 is 0 Å². The van der Waals surface area contributed by atoms with Crippen LogP contribution in [0, 0.1) is 33.1 Å². The number of rotatable bonds is 4. The van der Waals surface area contributed by atoms with Crippen LogP contribution in [-0.4, -0.2) is 13.1 Å². The first kappa shape index (κ1) is 14.0. The van der Waals surface area contributed by atoms with E-state index in [-0.39, 0.29) is 5.41 Å². The Kier molecular flexibility index (Phi) is 4.21. The van der Waals surface area contributed by atoms with Gasteiger partial charge in [0.2, 0.25) is 0 Å². The van der Waals surface area contributed by atoms with Gasteiger partial charge in [-0.05, 0) is 61.9 Å². The van der Waals surface area contributed by atoms with Gasteiger partial charge in [0.15, 0.2) is 0 Å². The first-order chi connectivity index (χ1) is 7.78. The summed E-state index contributed by atoms with van der Waals surface area (Å²) in [5.41, 5.74) is 12.6. The van der Waals surface area contributed by atoms with E-state index in [1.54, 1.807) is 0 Å². The molecule has 17 heavy (non-hydrogen) atoms. The van der Waals surface area contributed by atoms with Crippen LogP contribution in [0.2, 0.25) is 0 Å². The van der Waals surface area contributed by atoms with Gasteiger partial charge in [-0.25, -0.2) is 0 Å². The molecule has 1 rings (SSSR count). The molecule has 0 bridgehead atoms. The van der Waals surface area contributed by atoms with Gasteiger partial charge in [0.1, 0.15) is 0 Å². The van der Waals surface area contributed by atoms with Crippen molar-refractivity contribution in [2.24, 2.45) is 11.1 Å². The van der Waals surface area contributed by atoms with Crippen molar-refractivity contribution in [1.82, 2.24) is 0 Å². The van der Waals surface area contributed by atoms with Gasteiger partial charge in [-0.2, -0.15) is 0 Å². The molecular weight excluding hydrogens is 208 g/mol. The van der Waals surface area contributed by atoms with E-state index in [0.717, 1.165) is 6.54 Å². The van der Waals surface area contributed by atoms with Crippen LogP contribution in [0.3, 0.4) is 0 Å². The van der Waals surface area contributed by atoms with E-state index in [9.17, 15) is 0 Å². The lowest BCUT2D eigenvalue weighted by Gasteiger charge is -2.25. The fraction of sp³-hybridized carbons (Fsp3) is 0.600. The topological polar surface area (TPSA) is 38.0 Å². The monoisotopic (exact) mass is 234 g/mol. The normalized spacial score (nSPS) is 11.7. The number of anilines is 1. The predicted molar refractivity (Wildman–Crippen MR) is 76.7 cm³/mol. The zero-order valence-corrected chi connectivity index (χ0v) is 12.1. The Morgan fingerprint density at radius 2 is 1.53 bits per heavy atom. The highest BCUT2D eigenvalue weighted by Crippen LogP contribution is 2.27. The summed E-state index contributed by atoms with van der Waals surface area (Å²) in [6, 6.07) is 2.25. The van der Waals surface area contributed by atoms with Crippen molar-refractivity contribution >= 4 is 5.69 Å². The number of nitrogens with two attached hydrogens (primary N) is 1. The van der Waals surface area contributed by atoms with E-state index in [4.69, 9.17) is 5.73 Å². The van der Waals surface area contributed by atoms with Crippen LogP contribution in [0.1, 0.15) is 36.1 Å². The Morgan fingerprint density at radius 3 is 1.94 bits per heavy atom. The summed E-state index contributed by atoms with van der Waals surface area (Å²) >= 11 is 0.